The van der Waals surface area contributed by atoms with Gasteiger partial charge in [0.2, 0.25) is 11.8 Å². The molecule has 6 heterocycles. The highest BCUT2D eigenvalue weighted by atomic mass is 35.5. The summed E-state index contributed by atoms with van der Waals surface area (Å²) in [5.74, 6) is -6.47. The number of rotatable bonds is 9. The first kappa shape index (κ1) is 69.3. The minimum atomic E-state index is -1.70. The lowest BCUT2D eigenvalue weighted by Gasteiger charge is -2.38. The lowest BCUT2D eigenvalue weighted by molar-refractivity contribution is -0.156. The van der Waals surface area contributed by atoms with Gasteiger partial charge in [-0.2, -0.15) is 0 Å². The van der Waals surface area contributed by atoms with Crippen molar-refractivity contribution < 1.29 is 67.4 Å². The maximum absolute atomic E-state index is 12.2. The molecule has 1 unspecified atom stereocenters. The van der Waals surface area contributed by atoms with E-state index in [0.29, 0.717) is 38.2 Å². The van der Waals surface area contributed by atoms with Crippen LogP contribution in [0.5, 0.6) is 5.75 Å². The molecule has 4 saturated heterocycles. The third-order valence-electron chi connectivity index (χ3n) is 12.9. The highest BCUT2D eigenvalue weighted by Gasteiger charge is 2.50. The van der Waals surface area contributed by atoms with E-state index in [0.717, 1.165) is 25.5 Å². The van der Waals surface area contributed by atoms with Gasteiger partial charge >= 0.3 is 29.8 Å². The molecular formula is C63H55Cl2N11O16. The van der Waals surface area contributed by atoms with Crippen molar-refractivity contribution in [2.75, 3.05) is 21.2 Å². The lowest BCUT2D eigenvalue weighted by Crippen LogP contribution is -2.62. The fourth-order valence-electron chi connectivity index (χ4n) is 8.10. The Kier molecular flexibility index (Phi) is 23.6. The number of aryl methyl sites for hydroxylation is 1. The van der Waals surface area contributed by atoms with E-state index in [1.807, 2.05) is 98.6 Å². The van der Waals surface area contributed by atoms with Crippen LogP contribution in [0.25, 0.3) is 36.5 Å². The van der Waals surface area contributed by atoms with Crippen LogP contribution in [0.2, 0.25) is 10.0 Å². The van der Waals surface area contributed by atoms with Crippen molar-refractivity contribution >= 4 is 131 Å². The number of aromatic nitrogens is 3. The number of aliphatic hydroxyl groups is 1. The van der Waals surface area contributed by atoms with Gasteiger partial charge in [-0.05, 0) is 89.9 Å². The molecule has 7 N–H and O–H groups in total. The van der Waals surface area contributed by atoms with Crippen molar-refractivity contribution in [3.63, 3.8) is 0 Å². The number of methoxy groups -OCH3 is 1. The Balaban J connectivity index is 0.000000183. The monoisotopic (exact) mass is 1290 g/mol. The van der Waals surface area contributed by atoms with Crippen LogP contribution in [0, 0.1) is 5.92 Å². The van der Waals surface area contributed by atoms with Crippen LogP contribution < -0.4 is 47.9 Å². The number of carbonyl (C=O) groups excluding carboxylic acids is 12. The zero-order valence-corrected chi connectivity index (χ0v) is 50.9. The molecule has 0 saturated carbocycles. The van der Waals surface area contributed by atoms with Crippen molar-refractivity contribution in [1.82, 2.24) is 55.8 Å². The van der Waals surface area contributed by atoms with Gasteiger partial charge in [0.25, 0.3) is 41.0 Å². The minimum absolute atomic E-state index is 0.111. The number of imide groups is 8. The normalized spacial score (nSPS) is 15.5. The second kappa shape index (κ2) is 31.4. The van der Waals surface area contributed by atoms with Crippen molar-refractivity contribution in [1.29, 1.82) is 0 Å². The Morgan fingerprint density at radius 2 is 0.946 bits per heavy atom. The SMILES string of the molecule is CN1C(=O)C(C(C)(O)/C=C/c2ccccc2)C(=O)N(C)C1=O.COc1ccc(C=C2C(=O)NC(=O)NC2=O)cc1.Cn1cc(/C=C/c2ccccc2)c(=O)n(C)c1=O.O=C1NC(=O)C(=Cc2ccc(Cl)c(Cl)c2)C(=O)N1.O=C1NC(=O)C(=Cc2ccccn2)C(=O)N1. The van der Waals surface area contributed by atoms with E-state index in [-0.39, 0.29) is 28.0 Å². The average Bonchev–Trinajstić information content (AvgIpc) is 0.783. The summed E-state index contributed by atoms with van der Waals surface area (Å²) in [5.41, 5.74) is 1.25. The number of nitrogens with one attached hydrogen (secondary N) is 6. The number of benzene rings is 4. The van der Waals surface area contributed by atoms with E-state index in [9.17, 15) is 72.2 Å². The molecule has 29 heteroatoms. The second-order valence-corrected chi connectivity index (χ2v) is 20.5. The van der Waals surface area contributed by atoms with E-state index in [2.05, 4.69) is 4.98 Å². The van der Waals surface area contributed by atoms with Crippen molar-refractivity contribution in [3.8, 4) is 5.75 Å². The van der Waals surface area contributed by atoms with Gasteiger partial charge in [-0.15, -0.1) is 0 Å². The molecular weight excluding hydrogens is 1240 g/mol. The van der Waals surface area contributed by atoms with Gasteiger partial charge in [0.1, 0.15) is 34.0 Å². The number of ether oxygens (including phenoxy) is 1. The Morgan fingerprint density at radius 1 is 0.511 bits per heavy atom. The van der Waals surface area contributed by atoms with Gasteiger partial charge in [0.15, 0.2) is 0 Å². The largest absolute Gasteiger partial charge is 0.497 e. The number of nitrogens with zero attached hydrogens (tertiary/aromatic N) is 5. The summed E-state index contributed by atoms with van der Waals surface area (Å²) in [6.45, 7) is 1.38. The summed E-state index contributed by atoms with van der Waals surface area (Å²) in [7, 11) is 7.22. The van der Waals surface area contributed by atoms with Gasteiger partial charge in [-0.3, -0.25) is 94.4 Å². The van der Waals surface area contributed by atoms with Crippen LogP contribution >= 0.6 is 23.2 Å². The quantitative estimate of drug-likeness (QED) is 0.0599. The molecule has 2 aromatic heterocycles. The van der Waals surface area contributed by atoms with Gasteiger partial charge in [-0.1, -0.05) is 126 Å². The Hall–Kier alpha value is -11.8. The zero-order chi connectivity index (χ0) is 67.6. The van der Waals surface area contributed by atoms with Gasteiger partial charge in [-0.25, -0.2) is 24.0 Å². The fourth-order valence-corrected chi connectivity index (χ4v) is 8.40. The summed E-state index contributed by atoms with van der Waals surface area (Å²) < 4.78 is 7.49. The van der Waals surface area contributed by atoms with Gasteiger partial charge in [0, 0.05) is 40.6 Å². The second-order valence-electron chi connectivity index (χ2n) is 19.7. The number of carbonyl (C=O) groups is 12. The first-order valence-corrected chi connectivity index (χ1v) is 27.5. The molecule has 4 aliphatic heterocycles. The molecule has 27 nitrogen and oxygen atoms in total. The number of urea groups is 4. The van der Waals surface area contributed by atoms with Gasteiger partial charge in [0.05, 0.1) is 28.4 Å². The number of barbiturate groups is 4. The molecule has 92 heavy (non-hydrogen) atoms. The zero-order valence-electron chi connectivity index (χ0n) is 49.4. The number of hydrogen-bond donors (Lipinski definition) is 7. The van der Waals surface area contributed by atoms with E-state index >= 15 is 0 Å². The molecule has 0 bridgehead atoms. The Morgan fingerprint density at radius 3 is 1.39 bits per heavy atom. The molecule has 4 aromatic carbocycles. The molecule has 4 aliphatic rings. The number of halogens is 2. The number of hydrogen-bond acceptors (Lipinski definition) is 17. The molecule has 0 spiro atoms. The fraction of sp³-hybridized carbons (Fsp3) is 0.127. The molecule has 16 amide bonds. The Bertz CT molecular complexity index is 4130. The molecule has 0 aliphatic carbocycles. The van der Waals surface area contributed by atoms with Crippen LogP contribution in [-0.2, 0) is 52.5 Å². The molecule has 10 rings (SSSR count). The summed E-state index contributed by atoms with van der Waals surface area (Å²) in [4.78, 5) is 166. The smallest absolute Gasteiger partial charge is 0.332 e. The van der Waals surface area contributed by atoms with E-state index in [1.165, 1.54) is 69.2 Å². The van der Waals surface area contributed by atoms with Crippen LogP contribution in [-0.4, -0.2) is 127 Å². The van der Waals surface area contributed by atoms with E-state index < -0.39 is 82.9 Å². The first-order chi connectivity index (χ1) is 43.6. The van der Waals surface area contributed by atoms with Crippen LogP contribution in [0.3, 0.4) is 0 Å². The highest BCUT2D eigenvalue weighted by molar-refractivity contribution is 6.42. The topological polar surface area (TPSA) is 370 Å². The lowest BCUT2D eigenvalue weighted by atomic mass is 9.85. The summed E-state index contributed by atoms with van der Waals surface area (Å²) in [5, 5.41) is 23.1. The average molecular weight is 1290 g/mol. The highest BCUT2D eigenvalue weighted by Crippen LogP contribution is 2.28. The summed E-state index contributed by atoms with van der Waals surface area (Å²) in [6.07, 6.45) is 13.7. The number of pyridine rings is 1. The molecule has 0 radical (unpaired) electrons. The summed E-state index contributed by atoms with van der Waals surface area (Å²) in [6, 6.07) is 32.3. The molecule has 6 aromatic rings. The van der Waals surface area contributed by atoms with Crippen LogP contribution in [0.4, 0.5) is 19.2 Å². The standard InChI is InChI=1S/C16H18N2O4.C14H14N2O2.C12H10N2O4.C11H6Cl2N2O3.C10H7N3O3/c1-16(22,10-9-11-7-5-4-6-8-11)12-13(19)17(2)15(21)18(3)14(12)20;1-15-10-12(13(17)16(2)14(15)18)9-8-11-6-4-3-5-7-11;1-18-8-4-2-7(3-5-8)6-9-10(15)13-12(17)14-11(9)16;12-7-2-1-5(4-8(7)13)3-6-9(16)14-11(18)15-10(6)17;14-8-7(9(15)13-10(16)12-8)5-6-3-1-2-4-11-6/h4-10,12,22H,1-3H3;3-10H,1-2H3;2-6H,1H3,(H2,13,14,15,16,17);1-4H,(H2,14,15,16,17,18);1-5H,(H2,12,13,14,15,16)/b10-9+;9-8+;;;. The number of amides is 16. The third-order valence-corrected chi connectivity index (χ3v) is 13.7. The van der Waals surface area contributed by atoms with Crippen molar-refractivity contribution in [3.05, 3.63) is 221 Å². The predicted molar refractivity (Wildman–Crippen MR) is 335 cm³/mol. The van der Waals surface area contributed by atoms with Crippen LogP contribution in [0.1, 0.15) is 40.4 Å². The van der Waals surface area contributed by atoms with Crippen molar-refractivity contribution in [2.45, 2.75) is 12.5 Å². The molecule has 472 valence electrons. The minimum Gasteiger partial charge on any atom is -0.497 e. The van der Waals surface area contributed by atoms with Gasteiger partial charge < -0.3 is 14.4 Å². The predicted octanol–water partition coefficient (Wildman–Crippen LogP) is 4.39. The first-order valence-electron chi connectivity index (χ1n) is 26.8. The van der Waals surface area contributed by atoms with Crippen LogP contribution in [0.15, 0.2) is 166 Å². The van der Waals surface area contributed by atoms with Crippen molar-refractivity contribution in [2.24, 2.45) is 20.0 Å². The van der Waals surface area contributed by atoms with E-state index in [4.69, 9.17) is 27.9 Å². The Labute approximate surface area is 532 Å². The molecule has 4 fully saturated rings. The summed E-state index contributed by atoms with van der Waals surface area (Å²) >= 11 is 11.6. The maximum atomic E-state index is 12.2. The maximum Gasteiger partial charge on any atom is 0.332 e. The molecule has 1 atom stereocenters. The third kappa shape index (κ3) is 18.6. The van der Waals surface area contributed by atoms with E-state index in [1.54, 1.807) is 87.1 Å².